The van der Waals surface area contributed by atoms with Gasteiger partial charge >= 0.3 is 43.7 Å². The Hall–Kier alpha value is -0.310. The van der Waals surface area contributed by atoms with Crippen molar-refractivity contribution in [2.75, 3.05) is 0 Å². The molecule has 0 saturated heterocycles. The van der Waals surface area contributed by atoms with Gasteiger partial charge in [0.25, 0.3) is 0 Å². The Balaban J connectivity index is 0.00000121. The van der Waals surface area contributed by atoms with Gasteiger partial charge in [-0.1, -0.05) is 30.3 Å². The molecule has 0 aromatic heterocycles. The van der Waals surface area contributed by atoms with Crippen LogP contribution in [0.3, 0.4) is 0 Å². The van der Waals surface area contributed by atoms with Crippen molar-refractivity contribution in [3.8, 4) is 0 Å². The first-order valence-electron chi connectivity index (χ1n) is 3.25. The monoisotopic (exact) mass is 190 g/mol. The molecule has 1 rings (SSSR count). The van der Waals surface area contributed by atoms with Crippen molar-refractivity contribution >= 4 is 49.8 Å². The molecule has 0 amide bonds. The van der Waals surface area contributed by atoms with E-state index < -0.39 is 5.97 Å². The van der Waals surface area contributed by atoms with Crippen LogP contribution in [0.2, 0.25) is 0 Å². The van der Waals surface area contributed by atoms with E-state index in [0.717, 1.165) is 11.6 Å². The van der Waals surface area contributed by atoms with E-state index in [4.69, 9.17) is 5.11 Å². The maximum absolute atomic E-state index is 10.1. The van der Waals surface area contributed by atoms with Crippen LogP contribution in [0.15, 0.2) is 36.4 Å². The molecule has 0 fully saturated rings. The number of carboxylic acid groups (broad SMARTS) is 1. The summed E-state index contributed by atoms with van der Waals surface area (Å²) < 4.78 is 0. The summed E-state index contributed by atoms with van der Waals surface area (Å²) in [6, 6.07) is 9.31. The van der Waals surface area contributed by atoms with E-state index in [2.05, 4.69) is 0 Å². The Kier molecular flexibility index (Phi) is 6.07. The molecule has 60 valence electrons. The van der Waals surface area contributed by atoms with Gasteiger partial charge in [0.05, 0.1) is 0 Å². The molecule has 12 heavy (non-hydrogen) atoms. The third-order valence-corrected chi connectivity index (χ3v) is 1.22. The summed E-state index contributed by atoms with van der Waals surface area (Å²) in [4.78, 5) is 10.1. The van der Waals surface area contributed by atoms with Gasteiger partial charge in [0.2, 0.25) is 0 Å². The Bertz CT molecular complexity index is 267. The summed E-state index contributed by atoms with van der Waals surface area (Å²) in [6.45, 7) is 0. The van der Waals surface area contributed by atoms with E-state index in [0.29, 0.717) is 0 Å². The Labute approximate surface area is 101 Å². The number of hydrogen-bond donors (Lipinski definition) is 1. The van der Waals surface area contributed by atoms with Crippen LogP contribution >= 0.6 is 0 Å². The van der Waals surface area contributed by atoms with Crippen molar-refractivity contribution in [2.45, 2.75) is 0 Å². The SMILES string of the molecule is O=C(O)C=Cc1ccccc1.[CaH2]. The zero-order valence-electron chi connectivity index (χ0n) is 5.90. The van der Waals surface area contributed by atoms with Gasteiger partial charge in [-0.2, -0.15) is 0 Å². The van der Waals surface area contributed by atoms with Gasteiger partial charge in [0.1, 0.15) is 0 Å². The molecule has 0 spiro atoms. The number of carbonyl (C=O) groups is 1. The van der Waals surface area contributed by atoms with Crippen LogP contribution in [-0.2, 0) is 4.79 Å². The number of hydrogen-bond acceptors (Lipinski definition) is 1. The van der Waals surface area contributed by atoms with Crippen LogP contribution in [0.1, 0.15) is 5.56 Å². The fourth-order valence-electron chi connectivity index (χ4n) is 0.732. The van der Waals surface area contributed by atoms with Crippen molar-refractivity contribution in [1.82, 2.24) is 0 Å². The van der Waals surface area contributed by atoms with Gasteiger partial charge in [-0.3, -0.25) is 0 Å². The molecule has 0 aliphatic carbocycles. The van der Waals surface area contributed by atoms with Gasteiger partial charge < -0.3 is 5.11 Å². The summed E-state index contributed by atoms with van der Waals surface area (Å²) in [5, 5.41) is 8.29. The van der Waals surface area contributed by atoms with Gasteiger partial charge in [-0.05, 0) is 11.6 Å². The van der Waals surface area contributed by atoms with E-state index in [1.165, 1.54) is 0 Å². The first-order chi connectivity index (χ1) is 5.29. The van der Waals surface area contributed by atoms with Crippen molar-refractivity contribution in [1.29, 1.82) is 0 Å². The summed E-state index contributed by atoms with van der Waals surface area (Å²) in [5.74, 6) is -0.922. The van der Waals surface area contributed by atoms with Gasteiger partial charge in [-0.25, -0.2) is 4.79 Å². The van der Waals surface area contributed by atoms with Crippen LogP contribution in [0.4, 0.5) is 0 Å². The van der Waals surface area contributed by atoms with Crippen LogP contribution in [-0.4, -0.2) is 48.8 Å². The molecule has 2 nitrogen and oxygen atoms in total. The van der Waals surface area contributed by atoms with Crippen molar-refractivity contribution < 1.29 is 9.90 Å². The number of carboxylic acids is 1. The normalized spacial score (nSPS) is 9.33. The minimum absolute atomic E-state index is 0. The van der Waals surface area contributed by atoms with Crippen LogP contribution in [0, 0.1) is 0 Å². The zero-order chi connectivity index (χ0) is 8.10. The van der Waals surface area contributed by atoms with E-state index in [1.54, 1.807) is 6.08 Å². The number of rotatable bonds is 2. The molecular formula is C9H10CaO2. The molecule has 0 saturated carbocycles. The first kappa shape index (κ1) is 11.7. The van der Waals surface area contributed by atoms with Crippen LogP contribution < -0.4 is 0 Å². The Morgan fingerprint density at radius 1 is 1.25 bits per heavy atom. The maximum atomic E-state index is 10.1. The molecule has 0 heterocycles. The molecule has 0 atom stereocenters. The minimum atomic E-state index is -0.922. The zero-order valence-corrected chi connectivity index (χ0v) is 5.90. The fourth-order valence-corrected chi connectivity index (χ4v) is 0.732. The average Bonchev–Trinajstić information content (AvgIpc) is 2.03. The molecule has 1 N–H and O–H groups in total. The third kappa shape index (κ3) is 4.54. The van der Waals surface area contributed by atoms with Gasteiger partial charge in [-0.15, -0.1) is 0 Å². The van der Waals surface area contributed by atoms with E-state index in [9.17, 15) is 4.79 Å². The van der Waals surface area contributed by atoms with E-state index in [-0.39, 0.29) is 37.7 Å². The molecule has 0 aliphatic heterocycles. The molecular weight excluding hydrogens is 180 g/mol. The molecule has 0 radical (unpaired) electrons. The van der Waals surface area contributed by atoms with Crippen molar-refractivity contribution in [3.05, 3.63) is 42.0 Å². The molecule has 0 aliphatic rings. The predicted molar refractivity (Wildman–Crippen MR) is 51.7 cm³/mol. The predicted octanol–water partition coefficient (Wildman–Crippen LogP) is 0.868. The average molecular weight is 190 g/mol. The summed E-state index contributed by atoms with van der Waals surface area (Å²) >= 11 is 0. The van der Waals surface area contributed by atoms with Crippen LogP contribution in [0.5, 0.6) is 0 Å². The molecule has 0 unspecified atom stereocenters. The van der Waals surface area contributed by atoms with E-state index in [1.807, 2.05) is 30.3 Å². The second kappa shape index (κ2) is 6.23. The van der Waals surface area contributed by atoms with E-state index >= 15 is 0 Å². The topological polar surface area (TPSA) is 37.3 Å². The standard InChI is InChI=1S/C9H8O2.Ca.2H/c10-9(11)7-6-8-4-2-1-3-5-8;;;/h1-7H,(H,10,11);;;. The fraction of sp³-hybridized carbons (Fsp3) is 0. The molecule has 3 heteroatoms. The number of aliphatic carboxylic acids is 1. The molecule has 1 aromatic rings. The van der Waals surface area contributed by atoms with Crippen molar-refractivity contribution in [3.63, 3.8) is 0 Å². The molecule has 1 aromatic carbocycles. The van der Waals surface area contributed by atoms with Crippen molar-refractivity contribution in [2.24, 2.45) is 0 Å². The summed E-state index contributed by atoms with van der Waals surface area (Å²) in [6.07, 6.45) is 2.68. The number of benzene rings is 1. The quantitative estimate of drug-likeness (QED) is 0.555. The van der Waals surface area contributed by atoms with Crippen LogP contribution in [0.25, 0.3) is 6.08 Å². The second-order valence-electron chi connectivity index (χ2n) is 2.08. The first-order valence-corrected chi connectivity index (χ1v) is 3.25. The van der Waals surface area contributed by atoms with Gasteiger partial charge in [0.15, 0.2) is 0 Å². The third-order valence-electron chi connectivity index (χ3n) is 1.22. The summed E-state index contributed by atoms with van der Waals surface area (Å²) in [5.41, 5.74) is 0.898. The Morgan fingerprint density at radius 3 is 2.33 bits per heavy atom. The molecule has 0 bridgehead atoms. The van der Waals surface area contributed by atoms with Gasteiger partial charge in [0, 0.05) is 6.08 Å². The summed E-state index contributed by atoms with van der Waals surface area (Å²) in [7, 11) is 0. The Morgan fingerprint density at radius 2 is 1.83 bits per heavy atom. The second-order valence-corrected chi connectivity index (χ2v) is 2.08.